The molecular formula is C9H12ClNO2S. The fourth-order valence-electron chi connectivity index (χ4n) is 1.04. The van der Waals surface area contributed by atoms with Crippen LogP contribution in [0.1, 0.15) is 6.42 Å². The molecule has 0 amide bonds. The Kier molecular flexibility index (Phi) is 3.77. The predicted molar refractivity (Wildman–Crippen MR) is 58.2 cm³/mol. The number of halogens is 1. The minimum absolute atomic E-state index is 0.0837. The molecule has 0 saturated heterocycles. The SMILES string of the molecule is Nc1ccc(S(=O)(=O)CCCCl)cc1. The smallest absolute Gasteiger partial charge is 0.178 e. The average Bonchev–Trinajstić information content (AvgIpc) is 2.16. The van der Waals surface area contributed by atoms with Crippen LogP contribution in [0.3, 0.4) is 0 Å². The van der Waals surface area contributed by atoms with Crippen LogP contribution in [0.25, 0.3) is 0 Å². The first-order valence-corrected chi connectivity index (χ1v) is 6.39. The molecule has 0 aliphatic heterocycles. The van der Waals surface area contributed by atoms with Crippen molar-refractivity contribution in [1.82, 2.24) is 0 Å². The van der Waals surface area contributed by atoms with Gasteiger partial charge in [-0.25, -0.2) is 8.42 Å². The van der Waals surface area contributed by atoms with Gasteiger partial charge in [0, 0.05) is 11.6 Å². The number of hydrogen-bond acceptors (Lipinski definition) is 3. The Morgan fingerprint density at radius 2 is 1.79 bits per heavy atom. The lowest BCUT2D eigenvalue weighted by atomic mass is 10.3. The first-order valence-electron chi connectivity index (χ1n) is 4.20. The zero-order chi connectivity index (χ0) is 10.6. The molecule has 0 bridgehead atoms. The number of anilines is 1. The molecule has 0 saturated carbocycles. The van der Waals surface area contributed by atoms with E-state index in [9.17, 15) is 8.42 Å². The summed E-state index contributed by atoms with van der Waals surface area (Å²) in [5, 5.41) is 0. The lowest BCUT2D eigenvalue weighted by molar-refractivity contribution is 0.595. The largest absolute Gasteiger partial charge is 0.399 e. The van der Waals surface area contributed by atoms with E-state index in [4.69, 9.17) is 17.3 Å². The van der Waals surface area contributed by atoms with Gasteiger partial charge in [0.15, 0.2) is 9.84 Å². The highest BCUT2D eigenvalue weighted by atomic mass is 35.5. The van der Waals surface area contributed by atoms with Crippen LogP contribution in [0.5, 0.6) is 0 Å². The summed E-state index contributed by atoms with van der Waals surface area (Å²) < 4.78 is 23.2. The van der Waals surface area contributed by atoms with Gasteiger partial charge < -0.3 is 5.73 Å². The molecule has 0 unspecified atom stereocenters. The lowest BCUT2D eigenvalue weighted by Crippen LogP contribution is -2.07. The van der Waals surface area contributed by atoms with Gasteiger partial charge in [-0.15, -0.1) is 11.6 Å². The van der Waals surface area contributed by atoms with Gasteiger partial charge in [0.1, 0.15) is 0 Å². The molecule has 78 valence electrons. The molecule has 1 aromatic rings. The van der Waals surface area contributed by atoms with E-state index >= 15 is 0 Å². The minimum atomic E-state index is -3.18. The Hall–Kier alpha value is -0.740. The monoisotopic (exact) mass is 233 g/mol. The highest BCUT2D eigenvalue weighted by Crippen LogP contribution is 2.14. The van der Waals surface area contributed by atoms with Crippen LogP contribution < -0.4 is 5.73 Å². The van der Waals surface area contributed by atoms with Crippen LogP contribution in [0.4, 0.5) is 5.69 Å². The van der Waals surface area contributed by atoms with E-state index in [0.29, 0.717) is 22.9 Å². The van der Waals surface area contributed by atoms with Gasteiger partial charge in [-0.3, -0.25) is 0 Å². The van der Waals surface area contributed by atoms with Gasteiger partial charge in [-0.2, -0.15) is 0 Å². The summed E-state index contributed by atoms with van der Waals surface area (Å²) in [6.45, 7) is 0. The number of alkyl halides is 1. The number of hydrogen-bond donors (Lipinski definition) is 1. The number of nitrogens with two attached hydrogens (primary N) is 1. The lowest BCUT2D eigenvalue weighted by Gasteiger charge is -2.02. The molecule has 0 spiro atoms. The number of nitrogen functional groups attached to an aromatic ring is 1. The van der Waals surface area contributed by atoms with Crippen LogP contribution in [-0.2, 0) is 9.84 Å². The van der Waals surface area contributed by atoms with Crippen molar-refractivity contribution < 1.29 is 8.42 Å². The summed E-state index contributed by atoms with van der Waals surface area (Å²) in [7, 11) is -3.18. The van der Waals surface area contributed by atoms with E-state index in [0.717, 1.165) is 0 Å². The summed E-state index contributed by atoms with van der Waals surface area (Å²) in [6, 6.07) is 6.18. The van der Waals surface area contributed by atoms with E-state index in [1.165, 1.54) is 12.1 Å². The first kappa shape index (κ1) is 11.3. The standard InChI is InChI=1S/C9H12ClNO2S/c10-6-1-7-14(12,13)9-4-2-8(11)3-5-9/h2-5H,1,6-7,11H2. The van der Waals surface area contributed by atoms with Crippen molar-refractivity contribution in [2.24, 2.45) is 0 Å². The molecule has 0 atom stereocenters. The zero-order valence-corrected chi connectivity index (χ0v) is 9.18. The third kappa shape index (κ3) is 2.89. The van der Waals surface area contributed by atoms with Crippen molar-refractivity contribution in [3.05, 3.63) is 24.3 Å². The second-order valence-electron chi connectivity index (χ2n) is 2.93. The average molecular weight is 234 g/mol. The van der Waals surface area contributed by atoms with Crippen LogP contribution in [0.2, 0.25) is 0 Å². The molecule has 1 rings (SSSR count). The molecule has 2 N–H and O–H groups in total. The molecule has 5 heteroatoms. The predicted octanol–water partition coefficient (Wildman–Crippen LogP) is 1.67. The van der Waals surface area contributed by atoms with E-state index in [2.05, 4.69) is 0 Å². The Morgan fingerprint density at radius 1 is 1.21 bits per heavy atom. The molecule has 0 fully saturated rings. The van der Waals surface area contributed by atoms with Gasteiger partial charge in [0.05, 0.1) is 10.6 Å². The Labute approximate surface area is 88.8 Å². The van der Waals surface area contributed by atoms with E-state index in [-0.39, 0.29) is 5.75 Å². The molecule has 14 heavy (non-hydrogen) atoms. The minimum Gasteiger partial charge on any atom is -0.399 e. The highest BCUT2D eigenvalue weighted by molar-refractivity contribution is 7.91. The van der Waals surface area contributed by atoms with Crippen LogP contribution in [-0.4, -0.2) is 20.1 Å². The van der Waals surface area contributed by atoms with Crippen molar-refractivity contribution in [2.45, 2.75) is 11.3 Å². The van der Waals surface area contributed by atoms with Crippen molar-refractivity contribution >= 4 is 27.1 Å². The maximum Gasteiger partial charge on any atom is 0.178 e. The third-order valence-electron chi connectivity index (χ3n) is 1.79. The van der Waals surface area contributed by atoms with E-state index in [1.807, 2.05) is 0 Å². The fourth-order valence-corrected chi connectivity index (χ4v) is 2.64. The molecule has 0 aromatic heterocycles. The fraction of sp³-hybridized carbons (Fsp3) is 0.333. The van der Waals surface area contributed by atoms with Crippen LogP contribution in [0.15, 0.2) is 29.2 Å². The Bertz CT molecular complexity index is 386. The van der Waals surface area contributed by atoms with Gasteiger partial charge >= 0.3 is 0 Å². The quantitative estimate of drug-likeness (QED) is 0.636. The van der Waals surface area contributed by atoms with Crippen LogP contribution >= 0.6 is 11.6 Å². The summed E-state index contributed by atoms with van der Waals surface area (Å²) in [5.74, 6) is 0.439. The topological polar surface area (TPSA) is 60.2 Å². The highest BCUT2D eigenvalue weighted by Gasteiger charge is 2.12. The van der Waals surface area contributed by atoms with Crippen LogP contribution in [0, 0.1) is 0 Å². The van der Waals surface area contributed by atoms with Crippen molar-refractivity contribution in [2.75, 3.05) is 17.4 Å². The van der Waals surface area contributed by atoms with E-state index < -0.39 is 9.84 Å². The first-order chi connectivity index (χ1) is 6.56. The Morgan fingerprint density at radius 3 is 2.29 bits per heavy atom. The molecule has 0 aliphatic carbocycles. The van der Waals surface area contributed by atoms with E-state index in [1.54, 1.807) is 12.1 Å². The second kappa shape index (κ2) is 4.66. The third-order valence-corrected chi connectivity index (χ3v) is 3.87. The summed E-state index contributed by atoms with van der Waals surface area (Å²) in [4.78, 5) is 0.303. The van der Waals surface area contributed by atoms with Crippen molar-refractivity contribution in [3.63, 3.8) is 0 Å². The van der Waals surface area contributed by atoms with Gasteiger partial charge in [0.25, 0.3) is 0 Å². The second-order valence-corrected chi connectivity index (χ2v) is 5.42. The molecule has 3 nitrogen and oxygen atoms in total. The molecule has 0 aliphatic rings. The summed E-state index contributed by atoms with van der Waals surface area (Å²) >= 11 is 5.44. The maximum atomic E-state index is 11.6. The van der Waals surface area contributed by atoms with Gasteiger partial charge in [-0.05, 0) is 30.7 Å². The molecule has 0 heterocycles. The Balaban J connectivity index is 2.87. The van der Waals surface area contributed by atoms with Gasteiger partial charge in [-0.1, -0.05) is 0 Å². The number of sulfone groups is 1. The van der Waals surface area contributed by atoms with Crippen molar-refractivity contribution in [3.8, 4) is 0 Å². The maximum absolute atomic E-state index is 11.6. The summed E-state index contributed by atoms with van der Waals surface area (Å²) in [6.07, 6.45) is 0.467. The number of rotatable bonds is 4. The molecule has 1 aromatic carbocycles. The van der Waals surface area contributed by atoms with Crippen molar-refractivity contribution in [1.29, 1.82) is 0 Å². The summed E-state index contributed by atoms with van der Waals surface area (Å²) in [5.41, 5.74) is 6.01. The normalized spacial score (nSPS) is 11.5. The molecule has 0 radical (unpaired) electrons. The zero-order valence-electron chi connectivity index (χ0n) is 7.61. The van der Waals surface area contributed by atoms with Gasteiger partial charge in [0.2, 0.25) is 0 Å². The number of benzene rings is 1. The molecular weight excluding hydrogens is 222 g/mol.